The maximum atomic E-state index is 8.52. The standard InChI is InChI=1S/C6H15N.C4H10O.Li.H/c1-5(2)7-6(3)4;1-4(2,3)5;;/h5-7H,1-4H3;5H,1-3H3;;. The zero-order valence-corrected chi connectivity index (χ0v) is 9.60. The molecule has 0 aromatic carbocycles. The van der Waals surface area contributed by atoms with Crippen LogP contribution in [0.2, 0.25) is 0 Å². The first-order valence-corrected chi connectivity index (χ1v) is 4.61. The van der Waals surface area contributed by atoms with Crippen LogP contribution in [-0.4, -0.2) is 41.7 Å². The van der Waals surface area contributed by atoms with Gasteiger partial charge in [-0.3, -0.25) is 0 Å². The van der Waals surface area contributed by atoms with Crippen molar-refractivity contribution in [2.24, 2.45) is 0 Å². The molecule has 3 heteroatoms. The number of rotatable bonds is 2. The Morgan fingerprint density at radius 2 is 1.08 bits per heavy atom. The zero-order chi connectivity index (χ0) is 10.4. The second-order valence-corrected chi connectivity index (χ2v) is 4.65. The van der Waals surface area contributed by atoms with Crippen LogP contribution in [0.15, 0.2) is 0 Å². The van der Waals surface area contributed by atoms with Crippen LogP contribution in [0.4, 0.5) is 0 Å². The molecular formula is C10H26LiNO. The SMILES string of the molecule is CC(C)(C)O.CC(C)NC(C)C.[LiH]. The molecular weight excluding hydrogens is 157 g/mol. The predicted molar refractivity (Wildman–Crippen MR) is 62.5 cm³/mol. The Bertz CT molecular complexity index is 85.6. The van der Waals surface area contributed by atoms with Crippen molar-refractivity contribution in [1.82, 2.24) is 5.32 Å². The summed E-state index contributed by atoms with van der Waals surface area (Å²) in [6.45, 7) is 13.8. The Labute approximate surface area is 95.7 Å². The van der Waals surface area contributed by atoms with Crippen molar-refractivity contribution in [2.75, 3.05) is 0 Å². The molecule has 78 valence electrons. The van der Waals surface area contributed by atoms with Gasteiger partial charge in [0.2, 0.25) is 0 Å². The molecule has 0 saturated heterocycles. The summed E-state index contributed by atoms with van der Waals surface area (Å²) in [7, 11) is 0. The molecule has 0 saturated carbocycles. The molecule has 0 atom stereocenters. The van der Waals surface area contributed by atoms with E-state index in [1.807, 2.05) is 0 Å². The van der Waals surface area contributed by atoms with Gasteiger partial charge in [-0.25, -0.2) is 0 Å². The normalized spacial score (nSPS) is 10.6. The van der Waals surface area contributed by atoms with E-state index in [4.69, 9.17) is 5.11 Å². The molecule has 0 unspecified atom stereocenters. The zero-order valence-electron chi connectivity index (χ0n) is 9.60. The summed E-state index contributed by atoms with van der Waals surface area (Å²) in [4.78, 5) is 0. The fraction of sp³-hybridized carbons (Fsp3) is 1.00. The van der Waals surface area contributed by atoms with Gasteiger partial charge in [-0.2, -0.15) is 0 Å². The maximum absolute atomic E-state index is 8.52. The average molecular weight is 183 g/mol. The molecule has 0 spiro atoms. The third-order valence-electron chi connectivity index (χ3n) is 0.667. The molecule has 0 radical (unpaired) electrons. The first-order valence-electron chi connectivity index (χ1n) is 4.61. The van der Waals surface area contributed by atoms with Crippen molar-refractivity contribution in [3.05, 3.63) is 0 Å². The van der Waals surface area contributed by atoms with Gasteiger partial charge in [-0.15, -0.1) is 0 Å². The van der Waals surface area contributed by atoms with Gasteiger partial charge in [0.05, 0.1) is 5.60 Å². The van der Waals surface area contributed by atoms with Crippen LogP contribution >= 0.6 is 0 Å². The van der Waals surface area contributed by atoms with Crippen LogP contribution in [0.3, 0.4) is 0 Å². The van der Waals surface area contributed by atoms with Crippen LogP contribution in [0.1, 0.15) is 48.5 Å². The van der Waals surface area contributed by atoms with Crippen molar-refractivity contribution in [3.63, 3.8) is 0 Å². The van der Waals surface area contributed by atoms with Crippen molar-refractivity contribution >= 4 is 18.9 Å². The molecule has 0 aromatic rings. The van der Waals surface area contributed by atoms with Crippen molar-refractivity contribution < 1.29 is 5.11 Å². The van der Waals surface area contributed by atoms with E-state index >= 15 is 0 Å². The molecule has 0 bridgehead atoms. The summed E-state index contributed by atoms with van der Waals surface area (Å²) in [5, 5.41) is 11.8. The fourth-order valence-corrected chi connectivity index (χ4v) is 0.667. The van der Waals surface area contributed by atoms with E-state index in [2.05, 4.69) is 33.0 Å². The number of hydrogen-bond acceptors (Lipinski definition) is 2. The van der Waals surface area contributed by atoms with Gasteiger partial charge in [0.25, 0.3) is 0 Å². The van der Waals surface area contributed by atoms with Crippen molar-refractivity contribution in [3.8, 4) is 0 Å². The van der Waals surface area contributed by atoms with Crippen molar-refractivity contribution in [2.45, 2.75) is 66.2 Å². The summed E-state index contributed by atoms with van der Waals surface area (Å²) >= 11 is 0. The van der Waals surface area contributed by atoms with E-state index < -0.39 is 5.60 Å². The van der Waals surface area contributed by atoms with Crippen LogP contribution < -0.4 is 5.32 Å². The Kier molecular flexibility index (Phi) is 13.4. The predicted octanol–water partition coefficient (Wildman–Crippen LogP) is 1.52. The van der Waals surface area contributed by atoms with Crippen LogP contribution in [0.5, 0.6) is 0 Å². The van der Waals surface area contributed by atoms with E-state index in [0.717, 1.165) is 0 Å². The Morgan fingerprint density at radius 1 is 0.923 bits per heavy atom. The third-order valence-corrected chi connectivity index (χ3v) is 0.667. The second-order valence-electron chi connectivity index (χ2n) is 4.65. The van der Waals surface area contributed by atoms with E-state index in [1.165, 1.54) is 0 Å². The van der Waals surface area contributed by atoms with Crippen LogP contribution in [0, 0.1) is 0 Å². The van der Waals surface area contributed by atoms with Crippen LogP contribution in [-0.2, 0) is 0 Å². The third kappa shape index (κ3) is 67.9. The molecule has 0 amide bonds. The number of hydrogen-bond donors (Lipinski definition) is 2. The second kappa shape index (κ2) is 9.09. The van der Waals surface area contributed by atoms with Crippen molar-refractivity contribution in [1.29, 1.82) is 0 Å². The Hall–Kier alpha value is 0.517. The van der Waals surface area contributed by atoms with E-state index in [0.29, 0.717) is 12.1 Å². The topological polar surface area (TPSA) is 32.3 Å². The summed E-state index contributed by atoms with van der Waals surface area (Å²) in [5.41, 5.74) is -0.500. The minimum absolute atomic E-state index is 0. The van der Waals surface area contributed by atoms with Gasteiger partial charge in [-0.05, 0) is 20.8 Å². The number of nitrogens with one attached hydrogen (secondary N) is 1. The van der Waals surface area contributed by atoms with Gasteiger partial charge in [0.1, 0.15) is 0 Å². The molecule has 0 aliphatic carbocycles. The quantitative estimate of drug-likeness (QED) is 0.636. The molecule has 2 nitrogen and oxygen atoms in total. The summed E-state index contributed by atoms with van der Waals surface area (Å²) < 4.78 is 0. The molecule has 0 aromatic heterocycles. The van der Waals surface area contributed by atoms with Gasteiger partial charge in [-0.1, -0.05) is 27.7 Å². The van der Waals surface area contributed by atoms with Gasteiger partial charge in [0, 0.05) is 12.1 Å². The molecule has 0 fully saturated rings. The Balaban J connectivity index is -0.000000150. The van der Waals surface area contributed by atoms with Gasteiger partial charge in [0.15, 0.2) is 0 Å². The van der Waals surface area contributed by atoms with Crippen LogP contribution in [0.25, 0.3) is 0 Å². The monoisotopic (exact) mass is 183 g/mol. The van der Waals surface area contributed by atoms with E-state index in [-0.39, 0.29) is 18.9 Å². The fourth-order valence-electron chi connectivity index (χ4n) is 0.667. The van der Waals surface area contributed by atoms with Gasteiger partial charge < -0.3 is 10.4 Å². The van der Waals surface area contributed by atoms with E-state index in [9.17, 15) is 0 Å². The first-order chi connectivity index (χ1) is 5.13. The minimum atomic E-state index is -0.500. The number of aliphatic hydroxyl groups is 1. The molecule has 13 heavy (non-hydrogen) atoms. The summed E-state index contributed by atoms with van der Waals surface area (Å²) in [5.74, 6) is 0. The summed E-state index contributed by atoms with van der Waals surface area (Å²) in [6, 6.07) is 1.25. The molecule has 0 rings (SSSR count). The van der Waals surface area contributed by atoms with Gasteiger partial charge >= 0.3 is 18.9 Å². The summed E-state index contributed by atoms with van der Waals surface area (Å²) in [6.07, 6.45) is 0. The molecule has 0 aliphatic rings. The molecule has 0 heterocycles. The van der Waals surface area contributed by atoms with E-state index in [1.54, 1.807) is 20.8 Å². The Morgan fingerprint density at radius 3 is 1.08 bits per heavy atom. The molecule has 0 aliphatic heterocycles. The molecule has 2 N–H and O–H groups in total. The first kappa shape index (κ1) is 19.1. The average Bonchev–Trinajstić information content (AvgIpc) is 1.52.